The monoisotopic (exact) mass is 372 g/mol. The minimum atomic E-state index is -0.647. The molecule has 0 aliphatic heterocycles. The molecule has 2 aliphatic carbocycles. The molecular weight excluding hydrogens is 348 g/mol. The van der Waals surface area contributed by atoms with E-state index in [1.54, 1.807) is 24.3 Å². The van der Waals surface area contributed by atoms with Crippen LogP contribution in [0, 0.1) is 17.8 Å². The third-order valence-corrected chi connectivity index (χ3v) is 6.05. The zero-order valence-electron chi connectivity index (χ0n) is 15.3. The smallest absolute Gasteiger partial charge is 0.420 e. The van der Waals surface area contributed by atoms with E-state index < -0.39 is 11.7 Å². The molecule has 1 aromatic carbocycles. The Kier molecular flexibility index (Phi) is 4.76. The highest BCUT2D eigenvalue weighted by Crippen LogP contribution is 2.49. The fraction of sp³-hybridized carbons (Fsp3) is 0.550. The number of nitrogens with one attached hydrogen (secondary N) is 1. The molecule has 2 bridgehead atoms. The average molecular weight is 372 g/mol. The van der Waals surface area contributed by atoms with Gasteiger partial charge in [-0.3, -0.25) is 14.2 Å². The topological polar surface area (TPSA) is 90.5 Å². The Bertz CT molecular complexity index is 914. The van der Waals surface area contributed by atoms with Gasteiger partial charge in [-0.05, 0) is 56.1 Å². The number of oxazole rings is 1. The van der Waals surface area contributed by atoms with E-state index in [4.69, 9.17) is 9.15 Å². The minimum absolute atomic E-state index is 0.0898. The molecule has 2 fully saturated rings. The molecular formula is C20H24N2O5. The predicted molar refractivity (Wildman–Crippen MR) is 98.0 cm³/mol. The number of amides is 1. The van der Waals surface area contributed by atoms with Gasteiger partial charge in [-0.25, -0.2) is 4.79 Å². The summed E-state index contributed by atoms with van der Waals surface area (Å²) in [5, 5.41) is 2.96. The zero-order valence-corrected chi connectivity index (χ0v) is 15.3. The van der Waals surface area contributed by atoms with Gasteiger partial charge < -0.3 is 14.5 Å². The van der Waals surface area contributed by atoms with Crippen molar-refractivity contribution in [3.05, 3.63) is 34.8 Å². The number of nitrogens with zero attached hydrogens (tertiary/aromatic N) is 1. The van der Waals surface area contributed by atoms with E-state index in [-0.39, 0.29) is 25.1 Å². The van der Waals surface area contributed by atoms with E-state index >= 15 is 0 Å². The lowest BCUT2D eigenvalue weighted by molar-refractivity contribution is -0.149. The maximum atomic E-state index is 12.1. The van der Waals surface area contributed by atoms with Crippen LogP contribution in [0.1, 0.15) is 32.6 Å². The number of hydrogen-bond donors (Lipinski definition) is 1. The van der Waals surface area contributed by atoms with Crippen LogP contribution in [-0.2, 0) is 20.9 Å². The van der Waals surface area contributed by atoms with E-state index in [1.165, 1.54) is 30.3 Å². The quantitative estimate of drug-likeness (QED) is 0.784. The van der Waals surface area contributed by atoms with E-state index in [0.717, 1.165) is 5.92 Å². The maximum absolute atomic E-state index is 12.1. The van der Waals surface area contributed by atoms with Gasteiger partial charge in [0.05, 0.1) is 5.52 Å². The second-order valence-electron chi connectivity index (χ2n) is 7.78. The van der Waals surface area contributed by atoms with Crippen LogP contribution in [0.2, 0.25) is 0 Å². The second kappa shape index (κ2) is 7.21. The number of carbonyl (C=O) groups excluding carboxylic acids is 2. The Hall–Kier alpha value is -2.57. The lowest BCUT2D eigenvalue weighted by Gasteiger charge is -2.28. The molecule has 144 valence electrons. The van der Waals surface area contributed by atoms with E-state index in [1.807, 2.05) is 6.92 Å². The van der Waals surface area contributed by atoms with E-state index in [2.05, 4.69) is 5.32 Å². The van der Waals surface area contributed by atoms with Gasteiger partial charge in [0, 0.05) is 6.04 Å². The first-order chi connectivity index (χ1) is 13.0. The predicted octanol–water partition coefficient (Wildman–Crippen LogP) is 2.08. The molecule has 27 heavy (non-hydrogen) atoms. The van der Waals surface area contributed by atoms with Gasteiger partial charge >= 0.3 is 11.7 Å². The number of carbonyl (C=O) groups is 2. The summed E-state index contributed by atoms with van der Waals surface area (Å²) in [7, 11) is 0. The number of aromatic nitrogens is 1. The van der Waals surface area contributed by atoms with Crippen molar-refractivity contribution in [1.82, 2.24) is 9.88 Å². The van der Waals surface area contributed by atoms with Gasteiger partial charge in [0.2, 0.25) is 0 Å². The maximum Gasteiger partial charge on any atom is 0.420 e. The van der Waals surface area contributed by atoms with Crippen LogP contribution in [-0.4, -0.2) is 29.1 Å². The minimum Gasteiger partial charge on any atom is -0.454 e. The average Bonchev–Trinajstić information content (AvgIpc) is 3.35. The van der Waals surface area contributed by atoms with Crippen LogP contribution in [0.5, 0.6) is 0 Å². The third kappa shape index (κ3) is 3.63. The van der Waals surface area contributed by atoms with Gasteiger partial charge in [-0.15, -0.1) is 0 Å². The first kappa shape index (κ1) is 17.8. The molecule has 1 N–H and O–H groups in total. The summed E-state index contributed by atoms with van der Waals surface area (Å²) in [5.74, 6) is 0.491. The number of para-hydroxylation sites is 2. The van der Waals surface area contributed by atoms with Gasteiger partial charge in [0.25, 0.3) is 5.91 Å². The van der Waals surface area contributed by atoms with Crippen molar-refractivity contribution in [2.75, 3.05) is 6.61 Å². The lowest BCUT2D eigenvalue weighted by Crippen LogP contribution is -2.42. The van der Waals surface area contributed by atoms with Crippen LogP contribution in [0.25, 0.3) is 11.1 Å². The Balaban J connectivity index is 1.28. The standard InChI is InChI=1S/C20H24N2O5/c1-12(15-9-13-6-7-14(15)8-13)21-18(23)11-26-19(24)10-22-16-4-2-3-5-17(16)27-20(22)25/h2-5,12-15H,6-11H2,1H3,(H,21,23)/t12-,13+,14+,15+/m1/s1. The largest absolute Gasteiger partial charge is 0.454 e. The van der Waals surface area contributed by atoms with Gasteiger partial charge in [0.15, 0.2) is 12.2 Å². The number of rotatable bonds is 6. The van der Waals surface area contributed by atoms with Crippen LogP contribution in [0.3, 0.4) is 0 Å². The Morgan fingerprint density at radius 3 is 2.85 bits per heavy atom. The Labute approximate surface area is 156 Å². The molecule has 2 saturated carbocycles. The van der Waals surface area contributed by atoms with Crippen molar-refractivity contribution < 1.29 is 18.7 Å². The highest BCUT2D eigenvalue weighted by atomic mass is 16.5. The van der Waals surface area contributed by atoms with Crippen molar-refractivity contribution >= 4 is 23.0 Å². The Morgan fingerprint density at radius 1 is 1.30 bits per heavy atom. The summed E-state index contributed by atoms with van der Waals surface area (Å²) < 4.78 is 11.3. The summed E-state index contributed by atoms with van der Waals surface area (Å²) in [6.45, 7) is 1.40. The summed E-state index contributed by atoms with van der Waals surface area (Å²) >= 11 is 0. The molecule has 1 amide bonds. The van der Waals surface area contributed by atoms with Crippen LogP contribution in [0.4, 0.5) is 0 Å². The molecule has 1 aromatic heterocycles. The molecule has 0 saturated heterocycles. The number of hydrogen-bond acceptors (Lipinski definition) is 5. The second-order valence-corrected chi connectivity index (χ2v) is 7.78. The number of benzene rings is 1. The lowest BCUT2D eigenvalue weighted by atomic mass is 9.84. The molecule has 2 aromatic rings. The van der Waals surface area contributed by atoms with Crippen molar-refractivity contribution in [3.63, 3.8) is 0 Å². The van der Waals surface area contributed by atoms with E-state index in [9.17, 15) is 14.4 Å². The number of fused-ring (bicyclic) bond motifs is 3. The summed E-state index contributed by atoms with van der Waals surface area (Å²) in [6, 6.07) is 6.94. The van der Waals surface area contributed by atoms with Gasteiger partial charge in [-0.1, -0.05) is 18.6 Å². The third-order valence-electron chi connectivity index (χ3n) is 6.05. The highest BCUT2D eigenvalue weighted by molar-refractivity contribution is 5.81. The van der Waals surface area contributed by atoms with Crippen molar-refractivity contribution in [3.8, 4) is 0 Å². The fourth-order valence-electron chi connectivity index (χ4n) is 4.79. The molecule has 4 rings (SSSR count). The first-order valence-corrected chi connectivity index (χ1v) is 9.54. The van der Waals surface area contributed by atoms with Crippen molar-refractivity contribution in [1.29, 1.82) is 0 Å². The summed E-state index contributed by atoms with van der Waals surface area (Å²) in [4.78, 5) is 36.1. The number of ether oxygens (including phenoxy) is 1. The molecule has 7 nitrogen and oxygen atoms in total. The van der Waals surface area contributed by atoms with Crippen LogP contribution < -0.4 is 11.1 Å². The van der Waals surface area contributed by atoms with E-state index in [0.29, 0.717) is 22.9 Å². The molecule has 0 spiro atoms. The highest BCUT2D eigenvalue weighted by Gasteiger charge is 2.42. The fourth-order valence-corrected chi connectivity index (χ4v) is 4.79. The molecule has 7 heteroatoms. The molecule has 4 atom stereocenters. The molecule has 0 unspecified atom stereocenters. The normalized spacial score (nSPS) is 24.9. The van der Waals surface area contributed by atoms with Crippen LogP contribution >= 0.6 is 0 Å². The summed E-state index contributed by atoms with van der Waals surface area (Å²) in [5.41, 5.74) is 0.932. The molecule has 2 aliphatic rings. The molecule has 1 heterocycles. The zero-order chi connectivity index (χ0) is 19.0. The number of esters is 1. The van der Waals surface area contributed by atoms with Crippen molar-refractivity contribution in [2.24, 2.45) is 17.8 Å². The van der Waals surface area contributed by atoms with Gasteiger partial charge in [-0.2, -0.15) is 0 Å². The molecule has 0 radical (unpaired) electrons. The van der Waals surface area contributed by atoms with Crippen LogP contribution in [0.15, 0.2) is 33.5 Å². The van der Waals surface area contributed by atoms with Gasteiger partial charge in [0.1, 0.15) is 6.54 Å². The van der Waals surface area contributed by atoms with Crippen molar-refractivity contribution in [2.45, 2.75) is 45.2 Å². The first-order valence-electron chi connectivity index (χ1n) is 9.54. The summed E-state index contributed by atoms with van der Waals surface area (Å²) in [6.07, 6.45) is 5.05. The SMILES string of the molecule is C[C@@H](NC(=O)COC(=O)Cn1c(=O)oc2ccccc21)[C@@H]1C[C@H]2CC[C@H]1C2. The Morgan fingerprint density at radius 2 is 2.11 bits per heavy atom.